The minimum absolute atomic E-state index is 0.0345. The predicted octanol–water partition coefficient (Wildman–Crippen LogP) is 5.93. The molecular formula is C31H37Cl2N3O4S. The van der Waals surface area contributed by atoms with E-state index in [4.69, 9.17) is 23.2 Å². The Balaban J connectivity index is 1.91. The third-order valence-electron chi connectivity index (χ3n) is 6.97. The van der Waals surface area contributed by atoms with Gasteiger partial charge in [-0.15, -0.1) is 0 Å². The summed E-state index contributed by atoms with van der Waals surface area (Å²) >= 11 is 12.6. The van der Waals surface area contributed by atoms with Gasteiger partial charge in [0.05, 0.1) is 11.9 Å². The number of sulfonamides is 1. The van der Waals surface area contributed by atoms with Gasteiger partial charge in [-0.2, -0.15) is 0 Å². The Morgan fingerprint density at radius 1 is 0.976 bits per heavy atom. The average Bonchev–Trinajstić information content (AvgIpc) is 2.91. The van der Waals surface area contributed by atoms with Crippen molar-refractivity contribution in [2.45, 2.75) is 52.6 Å². The SMILES string of the molecule is CCNC(=O)[C@H](Cc1ccccc1)N(Cc1ccc(Cl)cc1Cl)C(=O)CCCN(c1cccc(C)c1C)S(C)(=O)=O. The Bertz CT molecular complexity index is 1470. The lowest BCUT2D eigenvalue weighted by molar-refractivity contribution is -0.141. The zero-order chi connectivity index (χ0) is 30.2. The molecule has 0 aliphatic heterocycles. The van der Waals surface area contributed by atoms with Gasteiger partial charge in [-0.05, 0) is 67.6 Å². The number of amides is 2. The van der Waals surface area contributed by atoms with Crippen LogP contribution in [0, 0.1) is 13.8 Å². The van der Waals surface area contributed by atoms with Crippen LogP contribution in [0.5, 0.6) is 0 Å². The molecular weight excluding hydrogens is 581 g/mol. The average molecular weight is 619 g/mol. The minimum atomic E-state index is -3.60. The van der Waals surface area contributed by atoms with Crippen molar-refractivity contribution in [1.82, 2.24) is 10.2 Å². The second kappa shape index (κ2) is 14.7. The van der Waals surface area contributed by atoms with Crippen LogP contribution in [0.15, 0.2) is 66.7 Å². The smallest absolute Gasteiger partial charge is 0.243 e. The molecule has 0 aromatic heterocycles. The summed E-state index contributed by atoms with van der Waals surface area (Å²) in [5.41, 5.74) is 3.99. The summed E-state index contributed by atoms with van der Waals surface area (Å²) in [6.07, 6.45) is 1.77. The molecule has 0 spiro atoms. The van der Waals surface area contributed by atoms with E-state index in [2.05, 4.69) is 5.32 Å². The lowest BCUT2D eigenvalue weighted by Gasteiger charge is -2.32. The van der Waals surface area contributed by atoms with E-state index in [1.165, 1.54) is 9.21 Å². The quantitative estimate of drug-likeness (QED) is 0.257. The number of nitrogens with one attached hydrogen (secondary N) is 1. The van der Waals surface area contributed by atoms with Crippen molar-refractivity contribution in [3.8, 4) is 0 Å². The van der Waals surface area contributed by atoms with Crippen molar-refractivity contribution in [1.29, 1.82) is 0 Å². The molecule has 0 radical (unpaired) electrons. The number of halogens is 2. The first-order valence-electron chi connectivity index (χ1n) is 13.5. The molecule has 10 heteroatoms. The van der Waals surface area contributed by atoms with E-state index >= 15 is 0 Å². The van der Waals surface area contributed by atoms with Crippen LogP contribution < -0.4 is 9.62 Å². The Morgan fingerprint density at radius 3 is 2.32 bits per heavy atom. The number of carbonyl (C=O) groups is 2. The first-order chi connectivity index (χ1) is 19.4. The van der Waals surface area contributed by atoms with E-state index in [0.29, 0.717) is 34.3 Å². The van der Waals surface area contributed by atoms with Crippen molar-refractivity contribution < 1.29 is 18.0 Å². The van der Waals surface area contributed by atoms with Crippen molar-refractivity contribution in [3.63, 3.8) is 0 Å². The fourth-order valence-electron chi connectivity index (χ4n) is 4.67. The van der Waals surface area contributed by atoms with Gasteiger partial charge in [0.2, 0.25) is 21.8 Å². The maximum atomic E-state index is 13.9. The lowest BCUT2D eigenvalue weighted by Crippen LogP contribution is -2.50. The van der Waals surface area contributed by atoms with E-state index in [-0.39, 0.29) is 37.7 Å². The number of hydrogen-bond donors (Lipinski definition) is 1. The van der Waals surface area contributed by atoms with E-state index < -0.39 is 16.1 Å². The number of carbonyl (C=O) groups excluding carboxylic acids is 2. The number of nitrogens with zero attached hydrogens (tertiary/aromatic N) is 2. The predicted molar refractivity (Wildman–Crippen MR) is 167 cm³/mol. The van der Waals surface area contributed by atoms with Crippen LogP contribution in [0.25, 0.3) is 0 Å². The van der Waals surface area contributed by atoms with Crippen molar-refractivity contribution in [2.24, 2.45) is 0 Å². The van der Waals surface area contributed by atoms with E-state index in [0.717, 1.165) is 22.9 Å². The highest BCUT2D eigenvalue weighted by molar-refractivity contribution is 7.92. The molecule has 7 nitrogen and oxygen atoms in total. The highest BCUT2D eigenvalue weighted by atomic mass is 35.5. The summed E-state index contributed by atoms with van der Waals surface area (Å²) in [6.45, 7) is 6.26. The van der Waals surface area contributed by atoms with Gasteiger partial charge in [-0.1, -0.05) is 71.7 Å². The third kappa shape index (κ3) is 8.96. The van der Waals surface area contributed by atoms with Gasteiger partial charge in [0.25, 0.3) is 0 Å². The molecule has 0 fully saturated rings. The molecule has 0 saturated heterocycles. The van der Waals surface area contributed by atoms with Gasteiger partial charge in [-0.25, -0.2) is 8.42 Å². The largest absolute Gasteiger partial charge is 0.355 e. The highest BCUT2D eigenvalue weighted by Crippen LogP contribution is 2.27. The highest BCUT2D eigenvalue weighted by Gasteiger charge is 2.31. The van der Waals surface area contributed by atoms with Crippen LogP contribution in [-0.4, -0.2) is 50.5 Å². The Morgan fingerprint density at radius 2 is 1.68 bits per heavy atom. The molecule has 0 saturated carbocycles. The van der Waals surface area contributed by atoms with Crippen LogP contribution >= 0.6 is 23.2 Å². The molecule has 1 atom stereocenters. The Hall–Kier alpha value is -3.07. The normalized spacial score (nSPS) is 12.0. The first kappa shape index (κ1) is 32.4. The number of rotatable bonds is 13. The first-order valence-corrected chi connectivity index (χ1v) is 16.1. The summed E-state index contributed by atoms with van der Waals surface area (Å²) in [4.78, 5) is 28.7. The Labute approximate surface area is 253 Å². The molecule has 3 aromatic carbocycles. The lowest BCUT2D eigenvalue weighted by atomic mass is 10.0. The molecule has 3 aromatic rings. The Kier molecular flexibility index (Phi) is 11.6. The van der Waals surface area contributed by atoms with Crippen molar-refractivity contribution >= 4 is 50.7 Å². The summed E-state index contributed by atoms with van der Waals surface area (Å²) in [5, 5.41) is 3.72. The van der Waals surface area contributed by atoms with E-state index in [9.17, 15) is 18.0 Å². The third-order valence-corrected chi connectivity index (χ3v) is 8.74. The van der Waals surface area contributed by atoms with Gasteiger partial charge in [0, 0.05) is 42.5 Å². The summed E-state index contributed by atoms with van der Waals surface area (Å²) in [5.74, 6) is -0.555. The summed E-state index contributed by atoms with van der Waals surface area (Å²) in [6, 6.07) is 19.3. The fraction of sp³-hybridized carbons (Fsp3) is 0.355. The maximum absolute atomic E-state index is 13.9. The second-order valence-electron chi connectivity index (χ2n) is 10.0. The molecule has 2 amide bonds. The number of anilines is 1. The minimum Gasteiger partial charge on any atom is -0.355 e. The van der Waals surface area contributed by atoms with E-state index in [1.54, 1.807) is 24.3 Å². The number of likely N-dealkylation sites (N-methyl/N-ethyl adjacent to an activating group) is 1. The van der Waals surface area contributed by atoms with Crippen LogP contribution in [-0.2, 0) is 32.6 Å². The van der Waals surface area contributed by atoms with Crippen molar-refractivity contribution in [2.75, 3.05) is 23.7 Å². The zero-order valence-electron chi connectivity index (χ0n) is 23.9. The van der Waals surface area contributed by atoms with E-state index in [1.807, 2.05) is 63.2 Å². The second-order valence-corrected chi connectivity index (χ2v) is 12.8. The van der Waals surface area contributed by atoms with Gasteiger partial charge in [0.15, 0.2) is 0 Å². The number of benzene rings is 3. The monoisotopic (exact) mass is 617 g/mol. The standard InChI is InChI=1S/C31H37Cl2N3O4S/c1-5-34-31(38)29(19-24-12-7-6-8-13-24)35(21-25-16-17-26(32)20-27(25)33)30(37)15-10-18-36(41(4,39)40)28-14-9-11-22(2)23(28)3/h6-9,11-14,16-17,20,29H,5,10,15,18-19,21H2,1-4H3,(H,34,38)/t29-/m0/s1. The molecule has 0 bridgehead atoms. The molecule has 3 rings (SSSR count). The summed E-state index contributed by atoms with van der Waals surface area (Å²) in [7, 11) is -3.60. The van der Waals surface area contributed by atoms with Gasteiger partial charge < -0.3 is 10.2 Å². The number of aryl methyl sites for hydroxylation is 1. The molecule has 0 aliphatic rings. The number of hydrogen-bond acceptors (Lipinski definition) is 4. The van der Waals surface area contributed by atoms with Crippen molar-refractivity contribution in [3.05, 3.63) is 99.0 Å². The maximum Gasteiger partial charge on any atom is 0.243 e. The zero-order valence-corrected chi connectivity index (χ0v) is 26.2. The van der Waals surface area contributed by atoms with Crippen LogP contribution in [0.4, 0.5) is 5.69 Å². The topological polar surface area (TPSA) is 86.8 Å². The fourth-order valence-corrected chi connectivity index (χ4v) is 6.15. The van der Waals surface area contributed by atoms with Gasteiger partial charge >= 0.3 is 0 Å². The van der Waals surface area contributed by atoms with Crippen LogP contribution in [0.1, 0.15) is 42.0 Å². The molecule has 0 aliphatic carbocycles. The van der Waals surface area contributed by atoms with Crippen LogP contribution in [0.2, 0.25) is 10.0 Å². The molecule has 1 N–H and O–H groups in total. The molecule has 0 unspecified atom stereocenters. The van der Waals surface area contributed by atoms with Crippen LogP contribution in [0.3, 0.4) is 0 Å². The molecule has 0 heterocycles. The summed E-state index contributed by atoms with van der Waals surface area (Å²) < 4.78 is 26.8. The molecule has 41 heavy (non-hydrogen) atoms. The van der Waals surface area contributed by atoms with Gasteiger partial charge in [0.1, 0.15) is 6.04 Å². The van der Waals surface area contributed by atoms with Gasteiger partial charge in [-0.3, -0.25) is 13.9 Å². The molecule has 220 valence electrons.